The maximum absolute atomic E-state index is 11.5. The van der Waals surface area contributed by atoms with Gasteiger partial charge in [0.15, 0.2) is 5.75 Å². The maximum atomic E-state index is 11.5. The van der Waals surface area contributed by atoms with Crippen LogP contribution in [0.25, 0.3) is 0 Å². The van der Waals surface area contributed by atoms with Crippen molar-refractivity contribution in [2.75, 3.05) is 6.61 Å². The number of rotatable bonds is 7. The van der Waals surface area contributed by atoms with Crippen molar-refractivity contribution >= 4 is 17.6 Å². The van der Waals surface area contributed by atoms with Gasteiger partial charge in [0, 0.05) is 6.42 Å². The number of aryl methyl sites for hydroxylation is 1. The van der Waals surface area contributed by atoms with Crippen LogP contribution in [0.5, 0.6) is 11.5 Å². The Morgan fingerprint density at radius 1 is 1.09 bits per heavy atom. The lowest BCUT2D eigenvalue weighted by molar-refractivity contribution is -0.134. The average molecular weight is 319 g/mol. The van der Waals surface area contributed by atoms with Crippen LogP contribution in [0.4, 0.5) is 0 Å². The Balaban J connectivity index is 1.92. The van der Waals surface area contributed by atoms with Gasteiger partial charge in [0.25, 0.3) is 0 Å². The lowest BCUT2D eigenvalue weighted by Crippen LogP contribution is -2.08. The van der Waals surface area contributed by atoms with Crippen molar-refractivity contribution in [1.82, 2.24) is 0 Å². The summed E-state index contributed by atoms with van der Waals surface area (Å²) in [5.41, 5.74) is 0.922. The van der Waals surface area contributed by atoms with Crippen LogP contribution in [-0.4, -0.2) is 12.6 Å². The fraction of sp³-hybridized carbons (Fsp3) is 0.278. The molecule has 0 spiro atoms. The lowest BCUT2D eigenvalue weighted by Gasteiger charge is -2.11. The molecule has 0 fully saturated rings. The van der Waals surface area contributed by atoms with E-state index in [1.54, 1.807) is 13.0 Å². The van der Waals surface area contributed by atoms with Gasteiger partial charge in [-0.3, -0.25) is 4.79 Å². The molecule has 0 heterocycles. The summed E-state index contributed by atoms with van der Waals surface area (Å²) in [6.07, 6.45) is 1.87. The molecule has 2 aromatic carbocycles. The number of ether oxygens (including phenoxy) is 2. The molecule has 0 bridgehead atoms. The van der Waals surface area contributed by atoms with E-state index in [0.717, 1.165) is 24.2 Å². The third-order valence-electron chi connectivity index (χ3n) is 3.16. The Morgan fingerprint density at radius 3 is 2.59 bits per heavy atom. The van der Waals surface area contributed by atoms with Crippen LogP contribution in [0.1, 0.15) is 25.3 Å². The number of halogens is 1. The minimum atomic E-state index is -0.283. The number of hydrogen-bond donors (Lipinski definition) is 0. The van der Waals surface area contributed by atoms with Gasteiger partial charge in [-0.05, 0) is 36.6 Å². The third-order valence-corrected chi connectivity index (χ3v) is 3.45. The van der Waals surface area contributed by atoms with Crippen LogP contribution >= 0.6 is 11.6 Å². The molecule has 0 atom stereocenters. The first-order chi connectivity index (χ1) is 10.7. The summed E-state index contributed by atoms with van der Waals surface area (Å²) in [6.45, 7) is 2.35. The molecule has 0 aliphatic heterocycles. The van der Waals surface area contributed by atoms with E-state index in [4.69, 9.17) is 21.1 Å². The standard InChI is InChI=1S/C18H19ClO3/c1-2-17(20)22-18-14(8-6-12-16(18)19)9-7-13-21-15-10-4-3-5-11-15/h3-6,8,10-12H,2,7,9,13H2,1H3. The highest BCUT2D eigenvalue weighted by Crippen LogP contribution is 2.30. The van der Waals surface area contributed by atoms with E-state index >= 15 is 0 Å². The van der Waals surface area contributed by atoms with Crippen LogP contribution in [0.2, 0.25) is 5.02 Å². The predicted molar refractivity (Wildman–Crippen MR) is 87.6 cm³/mol. The smallest absolute Gasteiger partial charge is 0.310 e. The molecule has 4 heteroatoms. The van der Waals surface area contributed by atoms with E-state index in [2.05, 4.69) is 0 Å². The van der Waals surface area contributed by atoms with Crippen molar-refractivity contribution in [3.63, 3.8) is 0 Å². The molecule has 0 aromatic heterocycles. The largest absolute Gasteiger partial charge is 0.494 e. The zero-order valence-corrected chi connectivity index (χ0v) is 13.3. The molecule has 0 aliphatic carbocycles. The third kappa shape index (κ3) is 4.78. The van der Waals surface area contributed by atoms with Gasteiger partial charge >= 0.3 is 5.97 Å². The normalized spacial score (nSPS) is 10.3. The molecule has 116 valence electrons. The van der Waals surface area contributed by atoms with Gasteiger partial charge in [-0.15, -0.1) is 0 Å². The first kappa shape index (κ1) is 16.4. The maximum Gasteiger partial charge on any atom is 0.310 e. The number of esters is 1. The van der Waals surface area contributed by atoms with Crippen LogP contribution in [-0.2, 0) is 11.2 Å². The molecule has 22 heavy (non-hydrogen) atoms. The van der Waals surface area contributed by atoms with E-state index in [1.807, 2.05) is 42.5 Å². The van der Waals surface area contributed by atoms with Crippen molar-refractivity contribution in [2.24, 2.45) is 0 Å². The number of carbonyl (C=O) groups is 1. The van der Waals surface area contributed by atoms with Gasteiger partial charge in [0.2, 0.25) is 0 Å². The summed E-state index contributed by atoms with van der Waals surface area (Å²) in [7, 11) is 0. The Morgan fingerprint density at radius 2 is 1.86 bits per heavy atom. The van der Waals surface area contributed by atoms with E-state index < -0.39 is 0 Å². The van der Waals surface area contributed by atoms with Gasteiger partial charge in [0.1, 0.15) is 5.75 Å². The fourth-order valence-corrected chi connectivity index (χ4v) is 2.25. The first-order valence-electron chi connectivity index (χ1n) is 7.36. The van der Waals surface area contributed by atoms with Crippen LogP contribution in [0.3, 0.4) is 0 Å². The second-order valence-corrected chi connectivity index (χ2v) is 5.23. The van der Waals surface area contributed by atoms with Crippen LogP contribution < -0.4 is 9.47 Å². The summed E-state index contributed by atoms with van der Waals surface area (Å²) >= 11 is 6.13. The van der Waals surface area contributed by atoms with E-state index in [9.17, 15) is 4.79 Å². The zero-order chi connectivity index (χ0) is 15.8. The number of benzene rings is 2. The van der Waals surface area contributed by atoms with Crippen molar-refractivity contribution in [3.8, 4) is 11.5 Å². The van der Waals surface area contributed by atoms with E-state index in [-0.39, 0.29) is 5.97 Å². The quantitative estimate of drug-likeness (QED) is 0.423. The van der Waals surface area contributed by atoms with Crippen molar-refractivity contribution < 1.29 is 14.3 Å². The van der Waals surface area contributed by atoms with E-state index in [0.29, 0.717) is 23.8 Å². The van der Waals surface area contributed by atoms with Crippen LogP contribution in [0.15, 0.2) is 48.5 Å². The first-order valence-corrected chi connectivity index (χ1v) is 7.74. The Bertz CT molecular complexity index is 611. The lowest BCUT2D eigenvalue weighted by atomic mass is 10.1. The minimum Gasteiger partial charge on any atom is -0.494 e. The number of carbonyl (C=O) groups excluding carboxylic acids is 1. The molecule has 0 amide bonds. The Labute approximate surface area is 135 Å². The van der Waals surface area contributed by atoms with Gasteiger partial charge in [-0.1, -0.05) is 48.9 Å². The summed E-state index contributed by atoms with van der Waals surface area (Å²) in [6, 6.07) is 15.2. The van der Waals surface area contributed by atoms with Gasteiger partial charge in [-0.25, -0.2) is 0 Å². The van der Waals surface area contributed by atoms with E-state index in [1.165, 1.54) is 0 Å². The van der Waals surface area contributed by atoms with Crippen molar-refractivity contribution in [1.29, 1.82) is 0 Å². The number of para-hydroxylation sites is 2. The van der Waals surface area contributed by atoms with Crippen molar-refractivity contribution in [2.45, 2.75) is 26.2 Å². The Kier molecular flexibility index (Phi) is 6.28. The van der Waals surface area contributed by atoms with Gasteiger partial charge in [-0.2, -0.15) is 0 Å². The SMILES string of the molecule is CCC(=O)Oc1c(Cl)cccc1CCCOc1ccccc1. The highest BCUT2D eigenvalue weighted by molar-refractivity contribution is 6.32. The van der Waals surface area contributed by atoms with Crippen LogP contribution in [0, 0.1) is 0 Å². The highest BCUT2D eigenvalue weighted by Gasteiger charge is 2.11. The molecule has 2 aromatic rings. The second-order valence-electron chi connectivity index (χ2n) is 4.82. The molecule has 0 saturated heterocycles. The zero-order valence-electron chi connectivity index (χ0n) is 12.5. The number of hydrogen-bond acceptors (Lipinski definition) is 3. The molecule has 0 saturated carbocycles. The minimum absolute atomic E-state index is 0.283. The molecular formula is C18H19ClO3. The topological polar surface area (TPSA) is 35.5 Å². The Hall–Kier alpha value is -2.00. The molecular weight excluding hydrogens is 300 g/mol. The molecule has 0 N–H and O–H groups in total. The summed E-state index contributed by atoms with van der Waals surface area (Å²) in [5, 5.41) is 0.461. The summed E-state index contributed by atoms with van der Waals surface area (Å²) in [4.78, 5) is 11.5. The molecule has 0 radical (unpaired) electrons. The fourth-order valence-electron chi connectivity index (χ4n) is 2.02. The molecule has 2 rings (SSSR count). The van der Waals surface area contributed by atoms with Gasteiger partial charge in [0.05, 0.1) is 11.6 Å². The summed E-state index contributed by atoms with van der Waals surface area (Å²) in [5.74, 6) is 1.04. The van der Waals surface area contributed by atoms with Gasteiger partial charge < -0.3 is 9.47 Å². The average Bonchev–Trinajstić information content (AvgIpc) is 2.55. The predicted octanol–water partition coefficient (Wildman–Crippen LogP) is 4.67. The van der Waals surface area contributed by atoms with Crippen molar-refractivity contribution in [3.05, 3.63) is 59.1 Å². The molecule has 0 unspecified atom stereocenters. The monoisotopic (exact) mass is 318 g/mol. The summed E-state index contributed by atoms with van der Waals surface area (Å²) < 4.78 is 11.0. The second kappa shape index (κ2) is 8.44. The highest BCUT2D eigenvalue weighted by atomic mass is 35.5. The molecule has 3 nitrogen and oxygen atoms in total. The molecule has 0 aliphatic rings.